The summed E-state index contributed by atoms with van der Waals surface area (Å²) < 4.78 is 39.1. The number of hydrogen-bond acceptors (Lipinski definition) is 7. The van der Waals surface area contributed by atoms with Crippen LogP contribution in [0.25, 0.3) is 10.8 Å². The molecule has 0 atom stereocenters. The molecule has 4 aromatic rings. The molecule has 3 N–H and O–H groups in total. The number of ether oxygens (including phenoxy) is 1. The second-order valence-electron chi connectivity index (χ2n) is 8.17. The lowest BCUT2D eigenvalue weighted by Gasteiger charge is -2.12. The van der Waals surface area contributed by atoms with Crippen LogP contribution in [0.2, 0.25) is 5.02 Å². The highest BCUT2D eigenvalue weighted by molar-refractivity contribution is 7.86. The first-order valence-electron chi connectivity index (χ1n) is 11.6. The Morgan fingerprint density at radius 1 is 1.00 bits per heavy atom. The van der Waals surface area contributed by atoms with E-state index < -0.39 is 26.7 Å². The molecular formula is C27H24ClN3O6S. The van der Waals surface area contributed by atoms with E-state index in [0.717, 1.165) is 0 Å². The minimum absolute atomic E-state index is 0.00162. The maximum Gasteiger partial charge on any atom is 0.296 e. The molecule has 0 fully saturated rings. The van der Waals surface area contributed by atoms with Gasteiger partial charge in [-0.15, -0.1) is 10.2 Å². The lowest BCUT2D eigenvalue weighted by Crippen LogP contribution is -2.12. The Bertz CT molecular complexity index is 1670. The number of carbonyl (C=O) groups excluding carboxylic acids is 1. The first-order valence-corrected chi connectivity index (χ1v) is 13.4. The number of halogens is 1. The third-order valence-corrected chi connectivity index (χ3v) is 7.02. The lowest BCUT2D eigenvalue weighted by molar-refractivity contribution is 0.102. The van der Waals surface area contributed by atoms with Crippen LogP contribution in [0.3, 0.4) is 0 Å². The van der Waals surface area contributed by atoms with Crippen LogP contribution in [0, 0.1) is 0 Å². The smallest absolute Gasteiger partial charge is 0.296 e. The zero-order valence-electron chi connectivity index (χ0n) is 20.5. The summed E-state index contributed by atoms with van der Waals surface area (Å²) in [5.74, 6) is -0.506. The Morgan fingerprint density at radius 2 is 1.74 bits per heavy atom. The molecule has 0 saturated carbocycles. The van der Waals surface area contributed by atoms with Gasteiger partial charge >= 0.3 is 0 Å². The molecule has 0 heterocycles. The second-order valence-corrected chi connectivity index (χ2v) is 9.94. The van der Waals surface area contributed by atoms with E-state index in [9.17, 15) is 22.9 Å². The van der Waals surface area contributed by atoms with Gasteiger partial charge in [0.15, 0.2) is 5.75 Å². The Kier molecular flexibility index (Phi) is 7.96. The predicted octanol–water partition coefficient (Wildman–Crippen LogP) is 7.07. The van der Waals surface area contributed by atoms with Crippen molar-refractivity contribution in [2.24, 2.45) is 10.2 Å². The minimum Gasteiger partial charge on any atom is -0.505 e. The Morgan fingerprint density at radius 3 is 2.45 bits per heavy atom. The van der Waals surface area contributed by atoms with Gasteiger partial charge < -0.3 is 15.2 Å². The molecule has 0 aromatic heterocycles. The summed E-state index contributed by atoms with van der Waals surface area (Å²) in [6.45, 7) is 4.13. The topological polar surface area (TPSA) is 138 Å². The summed E-state index contributed by atoms with van der Waals surface area (Å²) in [6.07, 6.45) is 0.474. The summed E-state index contributed by atoms with van der Waals surface area (Å²) in [5, 5.41) is 23.0. The third kappa shape index (κ3) is 5.62. The van der Waals surface area contributed by atoms with Crippen LogP contribution in [0.15, 0.2) is 81.9 Å². The van der Waals surface area contributed by atoms with Crippen LogP contribution in [0.4, 0.5) is 17.1 Å². The highest BCUT2D eigenvalue weighted by atomic mass is 35.5. The highest BCUT2D eigenvalue weighted by Gasteiger charge is 2.22. The largest absolute Gasteiger partial charge is 0.505 e. The molecule has 0 spiro atoms. The van der Waals surface area contributed by atoms with Gasteiger partial charge in [-0.05, 0) is 48.6 Å². The summed E-state index contributed by atoms with van der Waals surface area (Å²) in [4.78, 5) is 12.6. The quantitative estimate of drug-likeness (QED) is 0.157. The van der Waals surface area contributed by atoms with Crippen LogP contribution in [0.1, 0.15) is 29.8 Å². The Hall–Kier alpha value is -3.99. The van der Waals surface area contributed by atoms with Crippen molar-refractivity contribution in [1.29, 1.82) is 0 Å². The number of hydrogen-bond donors (Lipinski definition) is 3. The van der Waals surface area contributed by atoms with Gasteiger partial charge in [0, 0.05) is 17.1 Å². The zero-order valence-corrected chi connectivity index (χ0v) is 22.0. The van der Waals surface area contributed by atoms with Crippen molar-refractivity contribution < 1.29 is 27.6 Å². The van der Waals surface area contributed by atoms with Crippen molar-refractivity contribution in [3.8, 4) is 11.5 Å². The lowest BCUT2D eigenvalue weighted by atomic mass is 10.0. The van der Waals surface area contributed by atoms with E-state index in [1.807, 2.05) is 13.8 Å². The van der Waals surface area contributed by atoms with Crippen molar-refractivity contribution in [3.63, 3.8) is 0 Å². The van der Waals surface area contributed by atoms with Crippen LogP contribution in [-0.4, -0.2) is 30.6 Å². The fourth-order valence-electron chi connectivity index (χ4n) is 3.88. The molecular weight excluding hydrogens is 530 g/mol. The number of nitrogens with zero attached hydrogens (tertiary/aromatic N) is 2. The number of fused-ring (bicyclic) bond motifs is 1. The number of azo groups is 1. The number of aromatic hydroxyl groups is 1. The Labute approximate surface area is 224 Å². The highest BCUT2D eigenvalue weighted by Crippen LogP contribution is 2.42. The van der Waals surface area contributed by atoms with Gasteiger partial charge in [0.2, 0.25) is 0 Å². The van der Waals surface area contributed by atoms with Crippen molar-refractivity contribution in [2.75, 3.05) is 11.9 Å². The van der Waals surface area contributed by atoms with E-state index >= 15 is 0 Å². The number of phenolic OH excluding ortho intramolecular Hbond substituents is 1. The van der Waals surface area contributed by atoms with E-state index in [4.69, 9.17) is 16.3 Å². The molecule has 196 valence electrons. The maximum atomic E-state index is 13.2. The number of amides is 1. The van der Waals surface area contributed by atoms with Gasteiger partial charge in [-0.1, -0.05) is 54.9 Å². The first-order chi connectivity index (χ1) is 18.1. The molecule has 1 amide bonds. The van der Waals surface area contributed by atoms with E-state index in [1.165, 1.54) is 18.2 Å². The predicted molar refractivity (Wildman–Crippen MR) is 146 cm³/mol. The van der Waals surface area contributed by atoms with Crippen LogP contribution in [0.5, 0.6) is 11.5 Å². The molecule has 0 unspecified atom stereocenters. The number of anilines is 1. The summed E-state index contributed by atoms with van der Waals surface area (Å²) in [5.41, 5.74) is 0.611. The molecule has 0 aliphatic heterocycles. The molecule has 11 heteroatoms. The average Bonchev–Trinajstić information content (AvgIpc) is 2.88. The zero-order chi connectivity index (χ0) is 27.4. The first kappa shape index (κ1) is 27.1. The van der Waals surface area contributed by atoms with Gasteiger partial charge in [-0.3, -0.25) is 9.35 Å². The fourth-order valence-corrected chi connectivity index (χ4v) is 4.90. The van der Waals surface area contributed by atoms with E-state index in [1.54, 1.807) is 48.5 Å². The van der Waals surface area contributed by atoms with Gasteiger partial charge in [0.1, 0.15) is 22.0 Å². The van der Waals surface area contributed by atoms with Gasteiger partial charge in [-0.2, -0.15) is 8.42 Å². The molecule has 38 heavy (non-hydrogen) atoms. The van der Waals surface area contributed by atoms with Crippen molar-refractivity contribution in [1.82, 2.24) is 0 Å². The van der Waals surface area contributed by atoms with E-state index in [0.29, 0.717) is 40.8 Å². The molecule has 0 aliphatic rings. The standard InChI is InChI=1S/C27H24ClN3O6S/c1-3-16-12-13-22(38(34,35)36)25(23(16)28)31-30-24-20-11-6-5-8-17(20)14-21(26(24)32)27(33)29-18-9-7-10-19(15-18)37-4-2/h5-15,32H,3-4H2,1-2H3,(H,29,33)(H,34,35,36). The number of benzene rings is 4. The minimum atomic E-state index is -4.68. The SMILES string of the molecule is CCOc1cccc(NC(=O)c2cc3ccccc3c(N=Nc3c(S(=O)(=O)O)ccc(CC)c3Cl)c2O)c1. The Balaban J connectivity index is 1.83. The maximum absolute atomic E-state index is 13.2. The second kappa shape index (κ2) is 11.2. The molecule has 4 aromatic carbocycles. The van der Waals surface area contributed by atoms with E-state index in [2.05, 4.69) is 15.5 Å². The number of carbonyl (C=O) groups is 1. The van der Waals surface area contributed by atoms with Gasteiger partial charge in [0.25, 0.3) is 16.0 Å². The van der Waals surface area contributed by atoms with Crippen LogP contribution < -0.4 is 10.1 Å². The van der Waals surface area contributed by atoms with Crippen molar-refractivity contribution >= 4 is 55.5 Å². The summed E-state index contributed by atoms with van der Waals surface area (Å²) in [7, 11) is -4.68. The van der Waals surface area contributed by atoms with Crippen molar-refractivity contribution in [3.05, 3.63) is 82.9 Å². The van der Waals surface area contributed by atoms with Gasteiger partial charge in [0.05, 0.1) is 17.2 Å². The van der Waals surface area contributed by atoms with Crippen molar-refractivity contribution in [2.45, 2.75) is 25.2 Å². The molecule has 0 bridgehead atoms. The molecule has 0 aliphatic carbocycles. The summed E-state index contributed by atoms with van der Waals surface area (Å²) in [6, 6.07) is 17.9. The molecule has 0 radical (unpaired) electrons. The van der Waals surface area contributed by atoms with Crippen LogP contribution >= 0.6 is 11.6 Å². The summed E-state index contributed by atoms with van der Waals surface area (Å²) >= 11 is 6.39. The number of aryl methyl sites for hydroxylation is 1. The third-order valence-electron chi connectivity index (χ3n) is 5.71. The van der Waals surface area contributed by atoms with Crippen LogP contribution in [-0.2, 0) is 16.5 Å². The number of phenols is 1. The number of rotatable bonds is 8. The monoisotopic (exact) mass is 553 g/mol. The normalized spacial score (nSPS) is 11.7. The average molecular weight is 554 g/mol. The molecule has 4 rings (SSSR count). The number of nitrogens with one attached hydrogen (secondary N) is 1. The fraction of sp³-hybridized carbons (Fsp3) is 0.148. The van der Waals surface area contributed by atoms with Gasteiger partial charge in [-0.25, -0.2) is 0 Å². The molecule has 0 saturated heterocycles. The molecule has 9 nitrogen and oxygen atoms in total. The van der Waals surface area contributed by atoms with E-state index in [-0.39, 0.29) is 22.0 Å².